The maximum Gasteiger partial charge on any atom is 0.407 e. The second kappa shape index (κ2) is 9.53. The number of ether oxygens (including phenoxy) is 2. The minimum Gasteiger partial charge on any atom is -0.492 e. The van der Waals surface area contributed by atoms with E-state index >= 15 is 0 Å². The molecule has 0 bridgehead atoms. The number of amides is 1. The molecule has 1 atom stereocenters. The van der Waals surface area contributed by atoms with Crippen LogP contribution in [0.4, 0.5) is 4.79 Å². The first-order valence-corrected chi connectivity index (χ1v) is 11.6. The lowest BCUT2D eigenvalue weighted by molar-refractivity contribution is 0.0507. The molecular formula is C21H35N3O5S. The summed E-state index contributed by atoms with van der Waals surface area (Å²) in [6, 6.07) is 6.38. The molecule has 0 aromatic heterocycles. The van der Waals surface area contributed by atoms with Gasteiger partial charge in [-0.15, -0.1) is 0 Å². The lowest BCUT2D eigenvalue weighted by Crippen LogP contribution is -2.54. The van der Waals surface area contributed by atoms with Gasteiger partial charge in [-0.2, -0.15) is 0 Å². The standard InChI is InChI=1S/C21H35N3O5S/c1-20(2,3)29-19(25)22-15-21(4,16-7-8-16)23-13-14-28-17-9-11-18(12-10-17)30(26,27)24(5)6/h9-12,16,23H,7-8,13-15H2,1-6H3,(H,22,25)/t21-/m0/s1. The maximum absolute atomic E-state index is 12.1. The highest BCUT2D eigenvalue weighted by atomic mass is 32.2. The summed E-state index contributed by atoms with van der Waals surface area (Å²) in [7, 11) is -0.445. The molecule has 1 aromatic carbocycles. The fourth-order valence-electron chi connectivity index (χ4n) is 3.07. The minimum atomic E-state index is -3.45. The Hall–Kier alpha value is -1.84. The number of benzene rings is 1. The van der Waals surface area contributed by atoms with E-state index in [-0.39, 0.29) is 10.4 Å². The van der Waals surface area contributed by atoms with Crippen LogP contribution >= 0.6 is 0 Å². The van der Waals surface area contributed by atoms with E-state index in [1.807, 2.05) is 20.8 Å². The molecule has 0 radical (unpaired) electrons. The summed E-state index contributed by atoms with van der Waals surface area (Å²) in [5, 5.41) is 6.36. The molecule has 0 saturated heterocycles. The maximum atomic E-state index is 12.1. The number of nitrogens with zero attached hydrogens (tertiary/aromatic N) is 1. The molecule has 2 rings (SSSR count). The van der Waals surface area contributed by atoms with Crippen molar-refractivity contribution in [3.05, 3.63) is 24.3 Å². The van der Waals surface area contributed by atoms with Crippen LogP contribution in [-0.2, 0) is 14.8 Å². The van der Waals surface area contributed by atoms with Crippen molar-refractivity contribution in [3.8, 4) is 5.75 Å². The van der Waals surface area contributed by atoms with Gasteiger partial charge in [0.25, 0.3) is 0 Å². The third kappa shape index (κ3) is 7.14. The Morgan fingerprint density at radius 1 is 1.13 bits per heavy atom. The van der Waals surface area contributed by atoms with Crippen molar-refractivity contribution >= 4 is 16.1 Å². The number of carbonyl (C=O) groups is 1. The molecule has 1 aromatic rings. The zero-order valence-corrected chi connectivity index (χ0v) is 19.6. The topological polar surface area (TPSA) is 97.0 Å². The minimum absolute atomic E-state index is 0.229. The number of alkyl carbamates (subject to hydrolysis) is 1. The number of nitrogens with one attached hydrogen (secondary N) is 2. The average Bonchev–Trinajstić information content (AvgIpc) is 3.48. The molecule has 170 valence electrons. The van der Waals surface area contributed by atoms with E-state index in [9.17, 15) is 13.2 Å². The van der Waals surface area contributed by atoms with Crippen LogP contribution in [0.5, 0.6) is 5.75 Å². The van der Waals surface area contributed by atoms with Gasteiger partial charge in [0.05, 0.1) is 4.90 Å². The number of rotatable bonds is 10. The predicted octanol–water partition coefficient (Wildman–Crippen LogP) is 2.60. The lowest BCUT2D eigenvalue weighted by atomic mass is 9.95. The van der Waals surface area contributed by atoms with E-state index in [4.69, 9.17) is 9.47 Å². The zero-order chi connectivity index (χ0) is 22.6. The fraction of sp³-hybridized carbons (Fsp3) is 0.667. The summed E-state index contributed by atoms with van der Waals surface area (Å²) < 4.78 is 36.4. The Balaban J connectivity index is 1.81. The van der Waals surface area contributed by atoms with E-state index in [1.165, 1.54) is 30.5 Å². The molecule has 1 saturated carbocycles. The van der Waals surface area contributed by atoms with Crippen molar-refractivity contribution in [1.82, 2.24) is 14.9 Å². The van der Waals surface area contributed by atoms with Crippen molar-refractivity contribution in [1.29, 1.82) is 0 Å². The van der Waals surface area contributed by atoms with Crippen molar-refractivity contribution in [2.75, 3.05) is 33.8 Å². The van der Waals surface area contributed by atoms with Gasteiger partial charge in [0.1, 0.15) is 18.0 Å². The second-order valence-corrected chi connectivity index (χ2v) is 11.2. The van der Waals surface area contributed by atoms with Crippen molar-refractivity contribution in [2.45, 2.75) is 56.6 Å². The highest BCUT2D eigenvalue weighted by Crippen LogP contribution is 2.39. The highest BCUT2D eigenvalue weighted by Gasteiger charge is 2.41. The Morgan fingerprint density at radius 2 is 1.73 bits per heavy atom. The monoisotopic (exact) mass is 441 g/mol. The Labute approximate surface area is 180 Å². The summed E-state index contributed by atoms with van der Waals surface area (Å²) in [6.07, 6.45) is 1.84. The summed E-state index contributed by atoms with van der Waals surface area (Å²) in [5.41, 5.74) is -0.757. The highest BCUT2D eigenvalue weighted by molar-refractivity contribution is 7.89. The summed E-state index contributed by atoms with van der Waals surface area (Å²) in [5.74, 6) is 1.11. The predicted molar refractivity (Wildman–Crippen MR) is 116 cm³/mol. The van der Waals surface area contributed by atoms with Crippen LogP contribution in [0.25, 0.3) is 0 Å². The molecule has 0 unspecified atom stereocenters. The summed E-state index contributed by atoms with van der Waals surface area (Å²) >= 11 is 0. The van der Waals surface area contributed by atoms with Gasteiger partial charge in [-0.25, -0.2) is 17.5 Å². The number of carbonyl (C=O) groups excluding carboxylic acids is 1. The molecule has 1 aliphatic rings. The molecule has 2 N–H and O–H groups in total. The molecule has 9 heteroatoms. The van der Waals surface area contributed by atoms with Crippen LogP contribution in [0.1, 0.15) is 40.5 Å². The molecule has 1 amide bonds. The lowest BCUT2D eigenvalue weighted by Gasteiger charge is -2.32. The quantitative estimate of drug-likeness (QED) is 0.542. The third-order valence-electron chi connectivity index (χ3n) is 4.98. The van der Waals surface area contributed by atoms with E-state index in [1.54, 1.807) is 12.1 Å². The fourth-order valence-corrected chi connectivity index (χ4v) is 3.97. The van der Waals surface area contributed by atoms with Gasteiger partial charge < -0.3 is 20.1 Å². The van der Waals surface area contributed by atoms with Gasteiger partial charge in [0.15, 0.2) is 0 Å². The van der Waals surface area contributed by atoms with Gasteiger partial charge in [0.2, 0.25) is 10.0 Å². The smallest absolute Gasteiger partial charge is 0.407 e. The zero-order valence-electron chi connectivity index (χ0n) is 18.8. The van der Waals surface area contributed by atoms with Crippen molar-refractivity contribution in [2.24, 2.45) is 5.92 Å². The SMILES string of the molecule is CN(C)S(=O)(=O)c1ccc(OCCN[C@@](C)(CNC(=O)OC(C)(C)C)C2CC2)cc1. The van der Waals surface area contributed by atoms with Gasteiger partial charge in [-0.1, -0.05) is 0 Å². The van der Waals surface area contributed by atoms with Crippen LogP contribution in [0.2, 0.25) is 0 Å². The van der Waals surface area contributed by atoms with Crippen LogP contribution in [0.15, 0.2) is 29.2 Å². The van der Waals surface area contributed by atoms with Gasteiger partial charge in [-0.3, -0.25) is 0 Å². The Kier molecular flexibility index (Phi) is 7.76. The van der Waals surface area contributed by atoms with Gasteiger partial charge in [0, 0.05) is 32.7 Å². The summed E-state index contributed by atoms with van der Waals surface area (Å²) in [6.45, 7) is 9.11. The molecule has 1 aliphatic carbocycles. The molecule has 30 heavy (non-hydrogen) atoms. The van der Waals surface area contributed by atoms with Crippen LogP contribution < -0.4 is 15.4 Å². The molecule has 0 spiro atoms. The van der Waals surface area contributed by atoms with Crippen molar-refractivity contribution < 1.29 is 22.7 Å². The van der Waals surface area contributed by atoms with Gasteiger partial charge in [-0.05, 0) is 70.7 Å². The molecule has 1 fully saturated rings. The van der Waals surface area contributed by atoms with E-state index < -0.39 is 21.7 Å². The third-order valence-corrected chi connectivity index (χ3v) is 6.81. The van der Waals surface area contributed by atoms with E-state index in [2.05, 4.69) is 17.6 Å². The van der Waals surface area contributed by atoms with Gasteiger partial charge >= 0.3 is 6.09 Å². The average molecular weight is 442 g/mol. The van der Waals surface area contributed by atoms with E-state index in [0.29, 0.717) is 31.4 Å². The number of hydrogen-bond acceptors (Lipinski definition) is 6. The molecular weight excluding hydrogens is 406 g/mol. The first-order valence-electron chi connectivity index (χ1n) is 10.2. The van der Waals surface area contributed by atoms with Crippen molar-refractivity contribution in [3.63, 3.8) is 0 Å². The second-order valence-electron chi connectivity index (χ2n) is 9.08. The molecule has 0 heterocycles. The van der Waals surface area contributed by atoms with Crippen LogP contribution in [0, 0.1) is 5.92 Å². The van der Waals surface area contributed by atoms with E-state index in [0.717, 1.165) is 12.8 Å². The van der Waals surface area contributed by atoms with Crippen LogP contribution in [-0.4, -0.2) is 63.7 Å². The molecule has 0 aliphatic heterocycles. The van der Waals surface area contributed by atoms with Crippen LogP contribution in [0.3, 0.4) is 0 Å². The largest absolute Gasteiger partial charge is 0.492 e. The number of hydrogen-bond donors (Lipinski definition) is 2. The normalized spacial score (nSPS) is 16.8. The first-order chi connectivity index (χ1) is 13.8. The Morgan fingerprint density at radius 3 is 2.23 bits per heavy atom. The Bertz CT molecular complexity index is 814. The first kappa shape index (κ1) is 24.4. The molecule has 8 nitrogen and oxygen atoms in total. The number of sulfonamides is 1. The summed E-state index contributed by atoms with van der Waals surface area (Å²) in [4.78, 5) is 12.2.